The molecular weight excluding hydrogens is 558 g/mol. The number of amides is 2. The largest absolute Gasteiger partial charge is 0.416 e. The zero-order chi connectivity index (χ0) is 30.2. The quantitative estimate of drug-likeness (QED) is 0.437. The van der Waals surface area contributed by atoms with Gasteiger partial charge in [-0.2, -0.15) is 36.1 Å². The molecule has 41 heavy (non-hydrogen) atoms. The second kappa shape index (κ2) is 11.1. The van der Waals surface area contributed by atoms with Crippen LogP contribution in [0.3, 0.4) is 0 Å². The Balaban J connectivity index is 0.00000189. The Labute approximate surface area is 230 Å². The van der Waals surface area contributed by atoms with Crippen LogP contribution in [-0.4, -0.2) is 62.8 Å². The fraction of sp³-hybridized carbons (Fsp3) is 0.423. The first kappa shape index (κ1) is 30.0. The minimum Gasteiger partial charge on any atom is -0.380 e. The van der Waals surface area contributed by atoms with Crippen molar-refractivity contribution in [3.8, 4) is 5.82 Å². The summed E-state index contributed by atoms with van der Waals surface area (Å²) in [5.74, 6) is -1.03. The van der Waals surface area contributed by atoms with Gasteiger partial charge in [-0.1, -0.05) is 13.8 Å². The highest BCUT2D eigenvalue weighted by Gasteiger charge is 2.50. The molecule has 2 saturated heterocycles. The van der Waals surface area contributed by atoms with Gasteiger partial charge in [-0.05, 0) is 37.3 Å². The highest BCUT2D eigenvalue weighted by atomic mass is 19.4. The lowest BCUT2D eigenvalue weighted by atomic mass is 9.78. The SMILES string of the molecule is CC.C[C@H](NC(=O)c1cc(C(F)(F)F)cc(C(F)(F)F)c1)c1ncnn1-c1ccc(C(=O)N2CC3(COC3)C2)cn1. The Morgan fingerprint density at radius 3 is 2.05 bits per heavy atom. The minimum atomic E-state index is -5.09. The van der Waals surface area contributed by atoms with Crippen molar-refractivity contribution in [3.05, 3.63) is 70.9 Å². The van der Waals surface area contributed by atoms with E-state index in [0.29, 0.717) is 44.0 Å². The number of nitrogens with one attached hydrogen (secondary N) is 1. The highest BCUT2D eigenvalue weighted by molar-refractivity contribution is 5.95. The van der Waals surface area contributed by atoms with Crippen molar-refractivity contribution in [1.29, 1.82) is 0 Å². The molecule has 4 heterocycles. The zero-order valence-electron chi connectivity index (χ0n) is 22.2. The van der Waals surface area contributed by atoms with Crippen molar-refractivity contribution in [2.24, 2.45) is 5.41 Å². The number of nitrogens with zero attached hydrogens (tertiary/aromatic N) is 5. The number of aromatic nitrogens is 4. The molecule has 1 aromatic carbocycles. The zero-order valence-corrected chi connectivity index (χ0v) is 22.2. The second-order valence-corrected chi connectivity index (χ2v) is 9.58. The van der Waals surface area contributed by atoms with Crippen LogP contribution in [0.15, 0.2) is 42.9 Å². The molecule has 1 N–H and O–H groups in total. The van der Waals surface area contributed by atoms with Crippen LogP contribution < -0.4 is 5.32 Å². The van der Waals surface area contributed by atoms with Crippen molar-refractivity contribution in [3.63, 3.8) is 0 Å². The minimum absolute atomic E-state index is 0.0569. The van der Waals surface area contributed by atoms with Gasteiger partial charge in [0.15, 0.2) is 11.6 Å². The molecule has 1 spiro atoms. The van der Waals surface area contributed by atoms with Gasteiger partial charge in [0.25, 0.3) is 11.8 Å². The molecule has 2 aliphatic rings. The van der Waals surface area contributed by atoms with Gasteiger partial charge in [-0.15, -0.1) is 0 Å². The Hall–Kier alpha value is -4.01. The van der Waals surface area contributed by atoms with Crippen LogP contribution in [0.4, 0.5) is 26.3 Å². The summed E-state index contributed by atoms with van der Waals surface area (Å²) in [4.78, 5) is 35.3. The van der Waals surface area contributed by atoms with Crippen LogP contribution in [0.5, 0.6) is 0 Å². The van der Waals surface area contributed by atoms with Crippen molar-refractivity contribution < 1.29 is 40.7 Å². The molecule has 0 radical (unpaired) electrons. The van der Waals surface area contributed by atoms with E-state index < -0.39 is 41.0 Å². The predicted octanol–water partition coefficient (Wildman–Crippen LogP) is 4.69. The maximum Gasteiger partial charge on any atom is 0.416 e. The van der Waals surface area contributed by atoms with Crippen LogP contribution in [0.1, 0.15) is 64.5 Å². The number of ether oxygens (including phenoxy) is 1. The fourth-order valence-corrected chi connectivity index (χ4v) is 4.45. The van der Waals surface area contributed by atoms with E-state index >= 15 is 0 Å². The summed E-state index contributed by atoms with van der Waals surface area (Å²) in [5, 5.41) is 6.39. The maximum atomic E-state index is 13.2. The van der Waals surface area contributed by atoms with Crippen molar-refractivity contribution in [2.45, 2.75) is 39.2 Å². The molecule has 3 aromatic rings. The predicted molar refractivity (Wildman–Crippen MR) is 132 cm³/mol. The van der Waals surface area contributed by atoms with Gasteiger partial charge in [-0.3, -0.25) is 9.59 Å². The lowest BCUT2D eigenvalue weighted by Crippen LogP contribution is -2.67. The van der Waals surface area contributed by atoms with Crippen molar-refractivity contribution in [2.75, 3.05) is 26.3 Å². The smallest absolute Gasteiger partial charge is 0.380 e. The van der Waals surface area contributed by atoms with Crippen molar-refractivity contribution in [1.82, 2.24) is 30.0 Å². The van der Waals surface area contributed by atoms with Gasteiger partial charge in [0.1, 0.15) is 6.33 Å². The third-order valence-electron chi connectivity index (χ3n) is 6.53. The number of likely N-dealkylation sites (tertiary alicyclic amines) is 1. The number of carbonyl (C=O) groups excluding carboxylic acids is 2. The summed E-state index contributed by atoms with van der Waals surface area (Å²) in [6.07, 6.45) is -7.69. The highest BCUT2D eigenvalue weighted by Crippen LogP contribution is 2.38. The van der Waals surface area contributed by atoms with Crippen LogP contribution in [-0.2, 0) is 17.1 Å². The molecule has 220 valence electrons. The Morgan fingerprint density at radius 2 is 1.56 bits per heavy atom. The number of alkyl halides is 6. The molecule has 0 unspecified atom stereocenters. The first-order valence-corrected chi connectivity index (χ1v) is 12.6. The normalized spacial score (nSPS) is 16.7. The second-order valence-electron chi connectivity index (χ2n) is 9.58. The van der Waals surface area contributed by atoms with Crippen LogP contribution >= 0.6 is 0 Å². The average molecular weight is 585 g/mol. The van der Waals surface area contributed by atoms with E-state index in [4.69, 9.17) is 4.74 Å². The van der Waals surface area contributed by atoms with Gasteiger partial charge in [0, 0.05) is 24.8 Å². The number of rotatable bonds is 5. The number of hydrogen-bond acceptors (Lipinski definition) is 6. The molecule has 0 bridgehead atoms. The topological polar surface area (TPSA) is 102 Å². The van der Waals surface area contributed by atoms with E-state index in [2.05, 4.69) is 20.4 Å². The lowest BCUT2D eigenvalue weighted by molar-refractivity contribution is -0.176. The number of hydrogen-bond donors (Lipinski definition) is 1. The van der Waals surface area contributed by atoms with Crippen LogP contribution in [0.2, 0.25) is 0 Å². The molecule has 9 nitrogen and oxygen atoms in total. The Bertz CT molecular complexity index is 1380. The van der Waals surface area contributed by atoms with Gasteiger partial charge < -0.3 is 15.0 Å². The molecule has 1 atom stereocenters. The standard InChI is InChI=1S/C24H20F6N6O3.C2H6/c1-13(34-20(37)15-4-16(23(25,26)27)6-17(5-15)24(28,29)30)19-32-12-33-36(19)18-3-2-14(7-31-18)21(38)35-8-22(9-35)10-39-11-22;1-2/h2-7,12-13H,8-11H2,1H3,(H,34,37);1-2H3/t13-;/m0./s1. The average Bonchev–Trinajstić information content (AvgIpc) is 3.37. The summed E-state index contributed by atoms with van der Waals surface area (Å²) in [6.45, 7) is 7.91. The first-order chi connectivity index (χ1) is 19.3. The summed E-state index contributed by atoms with van der Waals surface area (Å²) < 4.78 is 85.4. The summed E-state index contributed by atoms with van der Waals surface area (Å²) >= 11 is 0. The fourth-order valence-electron chi connectivity index (χ4n) is 4.45. The molecule has 2 amide bonds. The van der Waals surface area contributed by atoms with Gasteiger partial charge in [-0.25, -0.2) is 9.97 Å². The molecule has 2 fully saturated rings. The molecule has 0 saturated carbocycles. The van der Waals surface area contributed by atoms with E-state index in [1.165, 1.54) is 23.9 Å². The number of halogens is 6. The number of carbonyl (C=O) groups is 2. The number of pyridine rings is 1. The Morgan fingerprint density at radius 1 is 0.951 bits per heavy atom. The molecule has 15 heteroatoms. The summed E-state index contributed by atoms with van der Waals surface area (Å²) in [7, 11) is 0. The molecule has 2 aromatic heterocycles. The van der Waals surface area contributed by atoms with Gasteiger partial charge >= 0.3 is 12.4 Å². The van der Waals surface area contributed by atoms with Crippen molar-refractivity contribution >= 4 is 11.8 Å². The molecule has 2 aliphatic heterocycles. The number of benzene rings is 1. The van der Waals surface area contributed by atoms with Gasteiger partial charge in [0.2, 0.25) is 0 Å². The van der Waals surface area contributed by atoms with Gasteiger partial charge in [0.05, 0.1) is 41.4 Å². The lowest BCUT2D eigenvalue weighted by Gasteiger charge is -2.54. The maximum absolute atomic E-state index is 13.2. The van der Waals surface area contributed by atoms with Crippen LogP contribution in [0, 0.1) is 5.41 Å². The van der Waals surface area contributed by atoms with E-state index in [9.17, 15) is 35.9 Å². The summed E-state index contributed by atoms with van der Waals surface area (Å²) in [5.41, 5.74) is -3.63. The molecule has 0 aliphatic carbocycles. The van der Waals surface area contributed by atoms with Crippen LogP contribution in [0.25, 0.3) is 5.82 Å². The van der Waals surface area contributed by atoms with E-state index in [0.717, 1.165) is 6.33 Å². The third kappa shape index (κ3) is 6.19. The van der Waals surface area contributed by atoms with E-state index in [1.54, 1.807) is 11.0 Å². The molecular formula is C26H26F6N6O3. The monoisotopic (exact) mass is 584 g/mol. The first-order valence-electron chi connectivity index (χ1n) is 12.6. The third-order valence-corrected chi connectivity index (χ3v) is 6.53. The van der Waals surface area contributed by atoms with E-state index in [1.807, 2.05) is 13.8 Å². The Kier molecular flexibility index (Phi) is 8.11. The van der Waals surface area contributed by atoms with E-state index in [-0.39, 0.29) is 29.0 Å². The summed E-state index contributed by atoms with van der Waals surface area (Å²) in [6, 6.07) is 2.69. The molecule has 5 rings (SSSR count).